The first-order valence-electron chi connectivity index (χ1n) is 8.62. The molecule has 1 fully saturated rings. The van der Waals surface area contributed by atoms with Gasteiger partial charge in [-0.2, -0.15) is 0 Å². The first-order chi connectivity index (χ1) is 11.8. The topological polar surface area (TPSA) is 42.7 Å². The molecule has 0 radical (unpaired) electrons. The molecule has 5 heteroatoms. The lowest BCUT2D eigenvalue weighted by Crippen LogP contribution is -2.24. The number of nitrogens with one attached hydrogen (secondary N) is 1. The number of imidazole rings is 1. The highest BCUT2D eigenvalue weighted by Crippen LogP contribution is 2.25. The average Bonchev–Trinajstić information content (AvgIpc) is 2.95. The molecule has 24 heavy (non-hydrogen) atoms. The van der Waals surface area contributed by atoms with Gasteiger partial charge in [-0.05, 0) is 37.1 Å². The van der Waals surface area contributed by atoms with Gasteiger partial charge in [0.05, 0.1) is 28.3 Å². The highest BCUT2D eigenvalue weighted by Gasteiger charge is 2.17. The maximum absolute atomic E-state index is 5.95. The van der Waals surface area contributed by atoms with E-state index in [1.807, 2.05) is 18.2 Å². The van der Waals surface area contributed by atoms with E-state index in [9.17, 15) is 0 Å². The Morgan fingerprint density at radius 2 is 1.92 bits per heavy atom. The van der Waals surface area contributed by atoms with Gasteiger partial charge in [-0.15, -0.1) is 0 Å². The SMILES string of the molecule is Clc1ccc(Cn2c(NC3CCCCC3)nc3ccccc32)nc1. The van der Waals surface area contributed by atoms with Crippen LogP contribution in [0.15, 0.2) is 42.6 Å². The average molecular weight is 341 g/mol. The number of benzene rings is 1. The van der Waals surface area contributed by atoms with Crippen LogP contribution in [0.3, 0.4) is 0 Å². The summed E-state index contributed by atoms with van der Waals surface area (Å²) in [4.78, 5) is 9.26. The zero-order chi connectivity index (χ0) is 16.4. The van der Waals surface area contributed by atoms with Gasteiger partial charge in [-0.1, -0.05) is 43.0 Å². The molecule has 4 rings (SSSR count). The third-order valence-electron chi connectivity index (χ3n) is 4.70. The number of rotatable bonds is 4. The Hall–Kier alpha value is -2.07. The van der Waals surface area contributed by atoms with Crippen molar-refractivity contribution in [3.8, 4) is 0 Å². The van der Waals surface area contributed by atoms with Crippen molar-refractivity contribution in [2.45, 2.75) is 44.7 Å². The van der Waals surface area contributed by atoms with Crippen LogP contribution >= 0.6 is 11.6 Å². The second kappa shape index (κ2) is 6.81. The van der Waals surface area contributed by atoms with Gasteiger partial charge in [0.1, 0.15) is 0 Å². The predicted octanol–water partition coefficient (Wildman–Crippen LogP) is 4.88. The van der Waals surface area contributed by atoms with Crippen LogP contribution in [0.2, 0.25) is 5.02 Å². The molecule has 0 amide bonds. The van der Waals surface area contributed by atoms with Crippen LogP contribution in [0.5, 0.6) is 0 Å². The fraction of sp³-hybridized carbons (Fsp3) is 0.368. The number of nitrogens with zero attached hydrogens (tertiary/aromatic N) is 3. The molecule has 0 aliphatic heterocycles. The van der Waals surface area contributed by atoms with Crippen LogP contribution in [0, 0.1) is 0 Å². The fourth-order valence-corrected chi connectivity index (χ4v) is 3.55. The van der Waals surface area contributed by atoms with Crippen LogP contribution in [-0.2, 0) is 6.54 Å². The summed E-state index contributed by atoms with van der Waals surface area (Å²) >= 11 is 5.95. The van der Waals surface area contributed by atoms with E-state index in [2.05, 4.69) is 33.1 Å². The largest absolute Gasteiger partial charge is 0.353 e. The van der Waals surface area contributed by atoms with Crippen molar-refractivity contribution in [2.75, 3.05) is 5.32 Å². The number of aromatic nitrogens is 3. The summed E-state index contributed by atoms with van der Waals surface area (Å²) < 4.78 is 2.22. The molecule has 1 aliphatic carbocycles. The van der Waals surface area contributed by atoms with E-state index in [0.717, 1.165) is 22.7 Å². The lowest BCUT2D eigenvalue weighted by molar-refractivity contribution is 0.459. The van der Waals surface area contributed by atoms with Gasteiger partial charge >= 0.3 is 0 Å². The van der Waals surface area contributed by atoms with E-state index >= 15 is 0 Å². The number of fused-ring (bicyclic) bond motifs is 1. The minimum absolute atomic E-state index is 0.521. The molecule has 1 aliphatic rings. The van der Waals surface area contributed by atoms with E-state index in [1.165, 1.54) is 32.1 Å². The lowest BCUT2D eigenvalue weighted by atomic mass is 9.96. The van der Waals surface area contributed by atoms with E-state index in [4.69, 9.17) is 16.6 Å². The summed E-state index contributed by atoms with van der Waals surface area (Å²) in [5.74, 6) is 0.944. The molecule has 0 bridgehead atoms. The summed E-state index contributed by atoms with van der Waals surface area (Å²) in [7, 11) is 0. The summed E-state index contributed by atoms with van der Waals surface area (Å²) in [6.45, 7) is 0.687. The number of anilines is 1. The van der Waals surface area contributed by atoms with Crippen molar-refractivity contribution in [1.29, 1.82) is 0 Å². The van der Waals surface area contributed by atoms with Crippen LogP contribution in [0.25, 0.3) is 11.0 Å². The molecular formula is C19H21ClN4. The Kier molecular flexibility index (Phi) is 4.39. The normalized spacial score (nSPS) is 15.7. The van der Waals surface area contributed by atoms with Crippen LogP contribution in [0.4, 0.5) is 5.95 Å². The standard InChI is InChI=1S/C19H21ClN4/c20-14-10-11-16(21-12-14)13-24-18-9-5-4-8-17(18)23-19(24)22-15-6-2-1-3-7-15/h4-5,8-12,15H,1-3,6-7,13H2,(H,22,23). The molecule has 4 nitrogen and oxygen atoms in total. The number of halogens is 1. The highest BCUT2D eigenvalue weighted by molar-refractivity contribution is 6.30. The zero-order valence-corrected chi connectivity index (χ0v) is 14.3. The van der Waals surface area contributed by atoms with Gasteiger partial charge in [0, 0.05) is 12.2 Å². The molecule has 2 aromatic heterocycles. The number of hydrogen-bond acceptors (Lipinski definition) is 3. The van der Waals surface area contributed by atoms with Crippen molar-refractivity contribution in [3.05, 3.63) is 53.3 Å². The first kappa shape index (κ1) is 15.5. The van der Waals surface area contributed by atoms with Crippen molar-refractivity contribution < 1.29 is 0 Å². The maximum atomic E-state index is 5.95. The Morgan fingerprint density at radius 3 is 2.71 bits per heavy atom. The Labute approximate surface area is 146 Å². The van der Waals surface area contributed by atoms with E-state index in [0.29, 0.717) is 17.6 Å². The molecule has 0 atom stereocenters. The second-order valence-electron chi connectivity index (χ2n) is 6.46. The number of pyridine rings is 1. The molecule has 3 aromatic rings. The van der Waals surface area contributed by atoms with Crippen LogP contribution in [0.1, 0.15) is 37.8 Å². The predicted molar refractivity (Wildman–Crippen MR) is 98.6 cm³/mol. The Morgan fingerprint density at radius 1 is 1.08 bits per heavy atom. The first-order valence-corrected chi connectivity index (χ1v) is 8.99. The van der Waals surface area contributed by atoms with Gasteiger partial charge < -0.3 is 9.88 Å². The minimum Gasteiger partial charge on any atom is -0.353 e. The highest BCUT2D eigenvalue weighted by atomic mass is 35.5. The molecule has 0 saturated heterocycles. The van der Waals surface area contributed by atoms with Crippen molar-refractivity contribution in [3.63, 3.8) is 0 Å². The summed E-state index contributed by atoms with van der Waals surface area (Å²) in [5.41, 5.74) is 3.13. The number of hydrogen-bond donors (Lipinski definition) is 1. The molecule has 1 saturated carbocycles. The van der Waals surface area contributed by atoms with Gasteiger partial charge in [-0.25, -0.2) is 4.98 Å². The Balaban J connectivity index is 1.68. The van der Waals surface area contributed by atoms with Crippen LogP contribution < -0.4 is 5.32 Å². The zero-order valence-electron chi connectivity index (χ0n) is 13.6. The van der Waals surface area contributed by atoms with Crippen molar-refractivity contribution in [2.24, 2.45) is 0 Å². The van der Waals surface area contributed by atoms with Gasteiger partial charge in [0.25, 0.3) is 0 Å². The summed E-state index contributed by atoms with van der Waals surface area (Å²) in [5, 5.41) is 4.33. The number of para-hydroxylation sites is 2. The monoisotopic (exact) mass is 340 g/mol. The summed E-state index contributed by atoms with van der Waals surface area (Å²) in [6.07, 6.45) is 8.10. The third-order valence-corrected chi connectivity index (χ3v) is 4.93. The molecule has 0 spiro atoms. The van der Waals surface area contributed by atoms with E-state index in [-0.39, 0.29) is 0 Å². The maximum Gasteiger partial charge on any atom is 0.204 e. The summed E-state index contributed by atoms with van der Waals surface area (Å²) in [6, 6.07) is 12.6. The van der Waals surface area contributed by atoms with E-state index < -0.39 is 0 Å². The molecule has 124 valence electrons. The van der Waals surface area contributed by atoms with Gasteiger partial charge in [-0.3, -0.25) is 4.98 Å². The van der Waals surface area contributed by atoms with Crippen molar-refractivity contribution in [1.82, 2.24) is 14.5 Å². The molecular weight excluding hydrogens is 320 g/mol. The fourth-order valence-electron chi connectivity index (χ4n) is 3.44. The molecule has 0 unspecified atom stereocenters. The van der Waals surface area contributed by atoms with Gasteiger partial charge in [0.15, 0.2) is 0 Å². The van der Waals surface area contributed by atoms with Crippen molar-refractivity contribution >= 4 is 28.6 Å². The lowest BCUT2D eigenvalue weighted by Gasteiger charge is -2.23. The smallest absolute Gasteiger partial charge is 0.204 e. The third kappa shape index (κ3) is 3.24. The quantitative estimate of drug-likeness (QED) is 0.736. The van der Waals surface area contributed by atoms with Crippen LogP contribution in [-0.4, -0.2) is 20.6 Å². The van der Waals surface area contributed by atoms with Gasteiger partial charge in [0.2, 0.25) is 5.95 Å². The molecule has 1 aromatic carbocycles. The molecule has 1 N–H and O–H groups in total. The van der Waals surface area contributed by atoms with E-state index in [1.54, 1.807) is 6.20 Å². The second-order valence-corrected chi connectivity index (χ2v) is 6.89. The minimum atomic E-state index is 0.521. The Bertz CT molecular complexity index is 819. The molecule has 2 heterocycles.